The van der Waals surface area contributed by atoms with E-state index in [0.717, 1.165) is 6.07 Å². The van der Waals surface area contributed by atoms with E-state index in [1.165, 1.54) is 23.1 Å². The molecule has 1 N–H and O–H groups in total. The quantitative estimate of drug-likeness (QED) is 0.880. The van der Waals surface area contributed by atoms with Crippen molar-refractivity contribution in [1.29, 1.82) is 0 Å². The minimum Gasteiger partial charge on any atom is -0.497 e. The summed E-state index contributed by atoms with van der Waals surface area (Å²) in [4.78, 5) is 13.3. The third-order valence-electron chi connectivity index (χ3n) is 3.96. The van der Waals surface area contributed by atoms with Crippen molar-refractivity contribution < 1.29 is 22.3 Å². The lowest BCUT2D eigenvalue weighted by Crippen LogP contribution is -2.37. The summed E-state index contributed by atoms with van der Waals surface area (Å²) in [5.74, 6) is -0.370. The van der Waals surface area contributed by atoms with Gasteiger partial charge in [0.05, 0.1) is 7.11 Å². The van der Waals surface area contributed by atoms with Crippen LogP contribution < -0.4 is 14.4 Å². The first kappa shape index (κ1) is 17.4. The van der Waals surface area contributed by atoms with Crippen LogP contribution in [0.4, 0.5) is 10.1 Å². The maximum atomic E-state index is 13.7. The Morgan fingerprint density at radius 2 is 1.84 bits per heavy atom. The Labute approximate surface area is 145 Å². The maximum Gasteiger partial charge on any atom is 0.243 e. The van der Waals surface area contributed by atoms with Gasteiger partial charge >= 0.3 is 0 Å². The van der Waals surface area contributed by atoms with Crippen molar-refractivity contribution in [2.24, 2.45) is 0 Å². The fraction of sp³-hybridized carbons (Fsp3) is 0.235. The fourth-order valence-electron chi connectivity index (χ4n) is 2.74. The standard InChI is InChI=1S/C17H17FN2O4S/c1-24-14-8-6-13(7-9-14)20-11-12(10-17(20)21)19-25(22,23)16-5-3-2-4-15(16)18/h2-9,12,19H,10-11H2,1H3/t12-/m0/s1. The number of ether oxygens (including phenoxy) is 1. The number of hydrogen-bond donors (Lipinski definition) is 1. The normalized spacial score (nSPS) is 17.8. The molecule has 1 atom stereocenters. The summed E-state index contributed by atoms with van der Waals surface area (Å²) in [6, 6.07) is 11.4. The highest BCUT2D eigenvalue weighted by molar-refractivity contribution is 7.89. The number of hydrogen-bond acceptors (Lipinski definition) is 4. The highest BCUT2D eigenvalue weighted by atomic mass is 32.2. The number of nitrogens with zero attached hydrogens (tertiary/aromatic N) is 1. The van der Waals surface area contributed by atoms with Gasteiger partial charge in [-0.2, -0.15) is 0 Å². The number of rotatable bonds is 5. The molecule has 0 unspecified atom stereocenters. The Morgan fingerprint density at radius 3 is 2.48 bits per heavy atom. The van der Waals surface area contributed by atoms with Gasteiger partial charge in [0.15, 0.2) is 0 Å². The summed E-state index contributed by atoms with van der Waals surface area (Å²) in [5, 5.41) is 0. The average Bonchev–Trinajstić information content (AvgIpc) is 2.94. The van der Waals surface area contributed by atoms with E-state index in [4.69, 9.17) is 4.74 Å². The van der Waals surface area contributed by atoms with E-state index in [0.29, 0.717) is 11.4 Å². The van der Waals surface area contributed by atoms with E-state index < -0.39 is 26.8 Å². The van der Waals surface area contributed by atoms with Crippen molar-refractivity contribution in [2.45, 2.75) is 17.4 Å². The molecule has 8 heteroatoms. The van der Waals surface area contributed by atoms with Gasteiger partial charge < -0.3 is 9.64 Å². The van der Waals surface area contributed by atoms with Crippen LogP contribution >= 0.6 is 0 Å². The van der Waals surface area contributed by atoms with Crippen LogP contribution in [0.3, 0.4) is 0 Å². The molecule has 1 fully saturated rings. The number of carbonyl (C=O) groups is 1. The predicted molar refractivity (Wildman–Crippen MR) is 90.5 cm³/mol. The van der Waals surface area contributed by atoms with E-state index in [2.05, 4.69) is 4.72 Å². The fourth-order valence-corrected chi connectivity index (χ4v) is 4.05. The largest absolute Gasteiger partial charge is 0.497 e. The van der Waals surface area contributed by atoms with E-state index in [9.17, 15) is 17.6 Å². The van der Waals surface area contributed by atoms with Gasteiger partial charge in [0.1, 0.15) is 16.5 Å². The first-order chi connectivity index (χ1) is 11.9. The molecule has 1 amide bonds. The lowest BCUT2D eigenvalue weighted by Gasteiger charge is -2.17. The lowest BCUT2D eigenvalue weighted by molar-refractivity contribution is -0.117. The third kappa shape index (κ3) is 3.64. The molecule has 1 aliphatic heterocycles. The van der Waals surface area contributed by atoms with E-state index in [-0.39, 0.29) is 18.9 Å². The number of halogens is 1. The van der Waals surface area contributed by atoms with E-state index in [1.807, 2.05) is 0 Å². The van der Waals surface area contributed by atoms with Crippen molar-refractivity contribution in [3.63, 3.8) is 0 Å². The topological polar surface area (TPSA) is 75.7 Å². The molecule has 3 rings (SSSR count). The number of nitrogens with one attached hydrogen (secondary N) is 1. The summed E-state index contributed by atoms with van der Waals surface area (Å²) >= 11 is 0. The molecule has 0 saturated carbocycles. The molecular formula is C17H17FN2O4S. The molecule has 2 aromatic carbocycles. The van der Waals surface area contributed by atoms with Crippen LogP contribution in [-0.2, 0) is 14.8 Å². The number of amides is 1. The summed E-state index contributed by atoms with van der Waals surface area (Å²) in [6.07, 6.45) is 0.0136. The number of benzene rings is 2. The zero-order chi connectivity index (χ0) is 18.0. The summed E-state index contributed by atoms with van der Waals surface area (Å²) in [7, 11) is -2.49. The van der Waals surface area contributed by atoms with Crippen LogP contribution in [-0.4, -0.2) is 34.0 Å². The van der Waals surface area contributed by atoms with Gasteiger partial charge in [-0.1, -0.05) is 12.1 Å². The smallest absolute Gasteiger partial charge is 0.243 e. The molecule has 25 heavy (non-hydrogen) atoms. The lowest BCUT2D eigenvalue weighted by atomic mass is 10.3. The van der Waals surface area contributed by atoms with Crippen LogP contribution in [0.2, 0.25) is 0 Å². The average molecular weight is 364 g/mol. The van der Waals surface area contributed by atoms with Gasteiger partial charge in [0.2, 0.25) is 15.9 Å². The second kappa shape index (κ2) is 6.81. The van der Waals surface area contributed by atoms with Crippen molar-refractivity contribution in [1.82, 2.24) is 4.72 Å². The Balaban J connectivity index is 1.75. The van der Waals surface area contributed by atoms with Crippen LogP contribution in [0.5, 0.6) is 5.75 Å². The van der Waals surface area contributed by atoms with Crippen LogP contribution in [0.15, 0.2) is 53.4 Å². The van der Waals surface area contributed by atoms with Crippen LogP contribution in [0, 0.1) is 5.82 Å². The molecule has 132 valence electrons. The van der Waals surface area contributed by atoms with Gasteiger partial charge in [-0.15, -0.1) is 0 Å². The summed E-state index contributed by atoms with van der Waals surface area (Å²) < 4.78 is 45.9. The third-order valence-corrected chi connectivity index (χ3v) is 5.51. The van der Waals surface area contributed by atoms with Crippen LogP contribution in [0.25, 0.3) is 0 Å². The Kier molecular flexibility index (Phi) is 4.73. The second-order valence-corrected chi connectivity index (χ2v) is 7.34. The molecule has 0 aromatic heterocycles. The van der Waals surface area contributed by atoms with Gasteiger partial charge in [-0.3, -0.25) is 4.79 Å². The molecule has 2 aromatic rings. The Bertz CT molecular complexity index is 884. The monoisotopic (exact) mass is 364 g/mol. The van der Waals surface area contributed by atoms with Crippen molar-refractivity contribution in [3.05, 3.63) is 54.3 Å². The number of anilines is 1. The summed E-state index contributed by atoms with van der Waals surface area (Å²) in [6.45, 7) is 0.179. The molecular weight excluding hydrogens is 347 g/mol. The first-order valence-electron chi connectivity index (χ1n) is 7.62. The number of sulfonamides is 1. The molecule has 0 radical (unpaired) electrons. The number of carbonyl (C=O) groups excluding carboxylic acids is 1. The molecule has 1 saturated heterocycles. The SMILES string of the molecule is COc1ccc(N2C[C@@H](NS(=O)(=O)c3ccccc3F)CC2=O)cc1. The van der Waals surface area contributed by atoms with Gasteiger partial charge in [0, 0.05) is 24.7 Å². The van der Waals surface area contributed by atoms with Crippen molar-refractivity contribution >= 4 is 21.6 Å². The van der Waals surface area contributed by atoms with Crippen LogP contribution in [0.1, 0.15) is 6.42 Å². The minimum atomic E-state index is -4.04. The van der Waals surface area contributed by atoms with Gasteiger partial charge in [-0.25, -0.2) is 17.5 Å². The zero-order valence-corrected chi connectivity index (χ0v) is 14.3. The predicted octanol–water partition coefficient (Wildman–Crippen LogP) is 1.92. The maximum absolute atomic E-state index is 13.7. The second-order valence-electron chi connectivity index (χ2n) is 5.66. The highest BCUT2D eigenvalue weighted by Gasteiger charge is 2.34. The molecule has 0 aliphatic carbocycles. The minimum absolute atomic E-state index is 0.0136. The zero-order valence-electron chi connectivity index (χ0n) is 13.5. The molecule has 0 spiro atoms. The molecule has 1 heterocycles. The van der Waals surface area contributed by atoms with E-state index >= 15 is 0 Å². The van der Waals surface area contributed by atoms with E-state index in [1.54, 1.807) is 31.4 Å². The number of methoxy groups -OCH3 is 1. The van der Waals surface area contributed by atoms with Crippen molar-refractivity contribution in [2.75, 3.05) is 18.6 Å². The first-order valence-corrected chi connectivity index (χ1v) is 9.10. The molecule has 0 bridgehead atoms. The van der Waals surface area contributed by atoms with Gasteiger partial charge in [0.25, 0.3) is 0 Å². The molecule has 1 aliphatic rings. The Hall–Kier alpha value is -2.45. The van der Waals surface area contributed by atoms with Gasteiger partial charge in [-0.05, 0) is 36.4 Å². The summed E-state index contributed by atoms with van der Waals surface area (Å²) in [5.41, 5.74) is 0.651. The molecule has 6 nitrogen and oxygen atoms in total. The highest BCUT2D eigenvalue weighted by Crippen LogP contribution is 2.25. The van der Waals surface area contributed by atoms with Crippen molar-refractivity contribution in [3.8, 4) is 5.75 Å². The Morgan fingerprint density at radius 1 is 1.16 bits per heavy atom.